The van der Waals surface area contributed by atoms with Crippen LogP contribution in [0.15, 0.2) is 60.7 Å². The van der Waals surface area contributed by atoms with Crippen LogP contribution in [0.5, 0.6) is 0 Å². The molecule has 0 radical (unpaired) electrons. The van der Waals surface area contributed by atoms with Gasteiger partial charge in [0.25, 0.3) is 0 Å². The summed E-state index contributed by atoms with van der Waals surface area (Å²) in [5, 5.41) is 3.00. The van der Waals surface area contributed by atoms with E-state index in [1.807, 2.05) is 36.4 Å². The van der Waals surface area contributed by atoms with Crippen molar-refractivity contribution in [1.82, 2.24) is 5.32 Å². The molecule has 1 fully saturated rings. The molecule has 0 aliphatic carbocycles. The maximum atomic E-state index is 12.1. The van der Waals surface area contributed by atoms with Gasteiger partial charge in [-0.1, -0.05) is 60.7 Å². The largest absolute Gasteiger partial charge is 0.355 e. The van der Waals surface area contributed by atoms with E-state index in [-0.39, 0.29) is 11.8 Å². The lowest BCUT2D eigenvalue weighted by Crippen LogP contribution is -2.18. The summed E-state index contributed by atoms with van der Waals surface area (Å²) >= 11 is 0. The quantitative estimate of drug-likeness (QED) is 0.893. The predicted molar refractivity (Wildman–Crippen MR) is 75.8 cm³/mol. The van der Waals surface area contributed by atoms with Gasteiger partial charge in [0, 0.05) is 6.54 Å². The standard InChI is InChI=1S/C17H17NO/c19-17-16(14-9-5-2-6-10-14)15(12-18-17)11-13-7-3-1-4-8-13/h1-10,15-16H,11-12H2,(H,18,19)/t15?,16-/m1/s1. The monoisotopic (exact) mass is 251 g/mol. The second kappa shape index (κ2) is 5.27. The van der Waals surface area contributed by atoms with Gasteiger partial charge >= 0.3 is 0 Å². The first-order chi connectivity index (χ1) is 9.34. The minimum Gasteiger partial charge on any atom is -0.355 e. The van der Waals surface area contributed by atoms with Crippen molar-refractivity contribution in [1.29, 1.82) is 0 Å². The molecule has 96 valence electrons. The Hall–Kier alpha value is -2.09. The van der Waals surface area contributed by atoms with Crippen molar-refractivity contribution in [3.63, 3.8) is 0 Å². The number of amides is 1. The summed E-state index contributed by atoms with van der Waals surface area (Å²) < 4.78 is 0. The molecule has 2 aromatic rings. The lowest BCUT2D eigenvalue weighted by molar-refractivity contribution is -0.120. The molecule has 1 saturated heterocycles. The number of nitrogens with one attached hydrogen (secondary N) is 1. The van der Waals surface area contributed by atoms with Crippen molar-refractivity contribution in [2.45, 2.75) is 12.3 Å². The fourth-order valence-corrected chi connectivity index (χ4v) is 2.86. The highest BCUT2D eigenvalue weighted by atomic mass is 16.2. The number of benzene rings is 2. The van der Waals surface area contributed by atoms with Crippen molar-refractivity contribution in [3.8, 4) is 0 Å². The van der Waals surface area contributed by atoms with Crippen LogP contribution in [0.2, 0.25) is 0 Å². The zero-order valence-corrected chi connectivity index (χ0v) is 10.8. The molecule has 3 rings (SSSR count). The third-order valence-corrected chi connectivity index (χ3v) is 3.79. The number of carbonyl (C=O) groups excluding carboxylic acids is 1. The van der Waals surface area contributed by atoms with Crippen LogP contribution in [0, 0.1) is 5.92 Å². The molecule has 2 aromatic carbocycles. The van der Waals surface area contributed by atoms with Gasteiger partial charge in [0.1, 0.15) is 0 Å². The highest BCUT2D eigenvalue weighted by molar-refractivity contribution is 5.86. The molecule has 2 atom stereocenters. The molecule has 1 amide bonds. The van der Waals surface area contributed by atoms with Gasteiger partial charge < -0.3 is 5.32 Å². The summed E-state index contributed by atoms with van der Waals surface area (Å²) in [6, 6.07) is 20.5. The summed E-state index contributed by atoms with van der Waals surface area (Å²) in [7, 11) is 0. The lowest BCUT2D eigenvalue weighted by Gasteiger charge is -2.17. The third kappa shape index (κ3) is 2.53. The second-order valence-corrected chi connectivity index (χ2v) is 5.08. The maximum Gasteiger partial charge on any atom is 0.227 e. The van der Waals surface area contributed by atoms with E-state index in [1.54, 1.807) is 0 Å². The average molecular weight is 251 g/mol. The zero-order chi connectivity index (χ0) is 13.1. The molecule has 19 heavy (non-hydrogen) atoms. The summed E-state index contributed by atoms with van der Waals surface area (Å²) in [5.41, 5.74) is 2.42. The van der Waals surface area contributed by atoms with Crippen LogP contribution < -0.4 is 5.32 Å². The molecule has 1 N–H and O–H groups in total. The Morgan fingerprint density at radius 1 is 0.947 bits per heavy atom. The number of rotatable bonds is 3. The zero-order valence-electron chi connectivity index (χ0n) is 10.8. The van der Waals surface area contributed by atoms with Gasteiger partial charge in [-0.2, -0.15) is 0 Å². The first-order valence-electron chi connectivity index (χ1n) is 6.71. The van der Waals surface area contributed by atoms with Crippen LogP contribution in [-0.2, 0) is 11.2 Å². The van der Waals surface area contributed by atoms with Gasteiger partial charge in [0.05, 0.1) is 5.92 Å². The van der Waals surface area contributed by atoms with Crippen LogP contribution in [0.1, 0.15) is 17.0 Å². The Kier molecular flexibility index (Phi) is 3.32. The Balaban J connectivity index is 1.83. The van der Waals surface area contributed by atoms with Gasteiger partial charge in [-0.05, 0) is 23.5 Å². The van der Waals surface area contributed by atoms with Crippen LogP contribution >= 0.6 is 0 Å². The highest BCUT2D eigenvalue weighted by Crippen LogP contribution is 2.31. The molecule has 0 aromatic heterocycles. The van der Waals surface area contributed by atoms with E-state index >= 15 is 0 Å². The molecular weight excluding hydrogens is 234 g/mol. The molecular formula is C17H17NO. The van der Waals surface area contributed by atoms with Crippen molar-refractivity contribution in [2.75, 3.05) is 6.54 Å². The van der Waals surface area contributed by atoms with E-state index in [2.05, 4.69) is 29.6 Å². The van der Waals surface area contributed by atoms with Crippen molar-refractivity contribution < 1.29 is 4.79 Å². The summed E-state index contributed by atoms with van der Waals surface area (Å²) in [4.78, 5) is 12.1. The Bertz CT molecular complexity index is 550. The molecule has 0 spiro atoms. The average Bonchev–Trinajstić information content (AvgIpc) is 2.82. The summed E-state index contributed by atoms with van der Waals surface area (Å²) in [6.45, 7) is 0.771. The second-order valence-electron chi connectivity index (χ2n) is 5.08. The predicted octanol–water partition coefficient (Wildman–Crippen LogP) is 2.76. The minimum absolute atomic E-state index is 0.0126. The smallest absolute Gasteiger partial charge is 0.227 e. The van der Waals surface area contributed by atoms with E-state index in [0.29, 0.717) is 5.92 Å². The van der Waals surface area contributed by atoms with Gasteiger partial charge in [-0.15, -0.1) is 0 Å². The normalized spacial score (nSPS) is 22.2. The van der Waals surface area contributed by atoms with Gasteiger partial charge in [0.2, 0.25) is 5.91 Å². The van der Waals surface area contributed by atoms with E-state index in [9.17, 15) is 4.79 Å². The van der Waals surface area contributed by atoms with E-state index < -0.39 is 0 Å². The number of hydrogen-bond acceptors (Lipinski definition) is 1. The Labute approximate surface area is 113 Å². The maximum absolute atomic E-state index is 12.1. The van der Waals surface area contributed by atoms with E-state index in [1.165, 1.54) is 5.56 Å². The van der Waals surface area contributed by atoms with Crippen LogP contribution in [-0.4, -0.2) is 12.5 Å². The van der Waals surface area contributed by atoms with Crippen molar-refractivity contribution in [2.24, 2.45) is 5.92 Å². The SMILES string of the molecule is O=C1NCC(Cc2ccccc2)[C@H]1c1ccccc1. The molecule has 2 nitrogen and oxygen atoms in total. The third-order valence-electron chi connectivity index (χ3n) is 3.79. The van der Waals surface area contributed by atoms with Crippen molar-refractivity contribution >= 4 is 5.91 Å². The highest BCUT2D eigenvalue weighted by Gasteiger charge is 2.35. The minimum atomic E-state index is -0.0126. The van der Waals surface area contributed by atoms with E-state index in [0.717, 1.165) is 18.5 Å². The first-order valence-corrected chi connectivity index (χ1v) is 6.71. The fraction of sp³-hybridized carbons (Fsp3) is 0.235. The van der Waals surface area contributed by atoms with Crippen LogP contribution in [0.4, 0.5) is 0 Å². The van der Waals surface area contributed by atoms with Gasteiger partial charge in [0.15, 0.2) is 0 Å². The Morgan fingerprint density at radius 3 is 2.26 bits per heavy atom. The summed E-state index contributed by atoms with van der Waals surface area (Å²) in [5.74, 6) is 0.492. The van der Waals surface area contributed by atoms with Gasteiger partial charge in [-0.25, -0.2) is 0 Å². The molecule has 1 aliphatic rings. The number of carbonyl (C=O) groups is 1. The first kappa shape index (κ1) is 12.0. The summed E-state index contributed by atoms with van der Waals surface area (Å²) in [6.07, 6.45) is 0.944. The molecule has 0 saturated carbocycles. The topological polar surface area (TPSA) is 29.1 Å². The Morgan fingerprint density at radius 2 is 1.58 bits per heavy atom. The van der Waals surface area contributed by atoms with Crippen LogP contribution in [0.3, 0.4) is 0 Å². The van der Waals surface area contributed by atoms with Crippen molar-refractivity contribution in [3.05, 3.63) is 71.8 Å². The van der Waals surface area contributed by atoms with Gasteiger partial charge in [-0.3, -0.25) is 4.79 Å². The van der Waals surface area contributed by atoms with E-state index in [4.69, 9.17) is 0 Å². The number of hydrogen-bond donors (Lipinski definition) is 1. The molecule has 0 bridgehead atoms. The molecule has 1 aliphatic heterocycles. The van der Waals surface area contributed by atoms with Crippen LogP contribution in [0.25, 0.3) is 0 Å². The molecule has 1 unspecified atom stereocenters. The molecule has 2 heteroatoms. The lowest BCUT2D eigenvalue weighted by atomic mass is 9.84. The molecule has 1 heterocycles. The fourth-order valence-electron chi connectivity index (χ4n) is 2.86.